The average molecular weight is 332 g/mol. The Bertz CT molecular complexity index is 641. The number of H-pyrrole nitrogens is 1. The van der Waals surface area contributed by atoms with Crippen LogP contribution in [0.4, 0.5) is 0 Å². The second-order valence-corrected chi connectivity index (χ2v) is 6.44. The van der Waals surface area contributed by atoms with Crippen LogP contribution in [0, 0.1) is 0 Å². The van der Waals surface area contributed by atoms with Gasteiger partial charge in [-0.15, -0.1) is 5.10 Å². The Balaban J connectivity index is 1.47. The first kappa shape index (κ1) is 16.0. The number of thioether (sulfide) groups is 1. The van der Waals surface area contributed by atoms with Crippen molar-refractivity contribution in [3.05, 3.63) is 41.7 Å². The van der Waals surface area contributed by atoms with Crippen molar-refractivity contribution in [2.75, 3.05) is 12.4 Å². The lowest BCUT2D eigenvalue weighted by Crippen LogP contribution is -2.28. The average Bonchev–Trinajstić information content (AvgIpc) is 3.25. The third kappa shape index (κ3) is 4.33. The summed E-state index contributed by atoms with van der Waals surface area (Å²) in [5, 5.41) is 10.6. The highest BCUT2D eigenvalue weighted by atomic mass is 32.2. The first-order valence-electron chi connectivity index (χ1n) is 7.73. The summed E-state index contributed by atoms with van der Waals surface area (Å²) in [6, 6.07) is 9.88. The van der Waals surface area contributed by atoms with Crippen molar-refractivity contribution in [2.45, 2.75) is 37.1 Å². The molecule has 1 amide bonds. The Kier molecular flexibility index (Phi) is 5.30. The third-order valence-electron chi connectivity index (χ3n) is 3.73. The van der Waals surface area contributed by atoms with Crippen molar-refractivity contribution in [1.82, 2.24) is 20.5 Å². The molecule has 1 aliphatic rings. The number of aromatic amines is 1. The Morgan fingerprint density at radius 2 is 2.30 bits per heavy atom. The summed E-state index contributed by atoms with van der Waals surface area (Å²) in [4.78, 5) is 16.4. The summed E-state index contributed by atoms with van der Waals surface area (Å²) in [5.41, 5.74) is 1.09. The van der Waals surface area contributed by atoms with E-state index in [4.69, 9.17) is 4.74 Å². The summed E-state index contributed by atoms with van der Waals surface area (Å²) >= 11 is 1.32. The van der Waals surface area contributed by atoms with E-state index in [1.54, 1.807) is 0 Å². The number of nitrogens with one attached hydrogen (secondary N) is 2. The van der Waals surface area contributed by atoms with E-state index in [1.807, 2.05) is 37.3 Å². The van der Waals surface area contributed by atoms with Crippen molar-refractivity contribution in [2.24, 2.45) is 0 Å². The SMILES string of the molecule is C[C@@H](NC(=O)CSc1n[nH]c([C@H]2CCCO2)n1)c1ccccc1. The molecule has 23 heavy (non-hydrogen) atoms. The van der Waals surface area contributed by atoms with Crippen LogP contribution >= 0.6 is 11.8 Å². The molecule has 7 heteroatoms. The van der Waals surface area contributed by atoms with Gasteiger partial charge < -0.3 is 10.1 Å². The number of carbonyl (C=O) groups is 1. The van der Waals surface area contributed by atoms with Gasteiger partial charge in [-0.2, -0.15) is 0 Å². The maximum atomic E-state index is 12.0. The lowest BCUT2D eigenvalue weighted by Gasteiger charge is -2.13. The predicted molar refractivity (Wildman–Crippen MR) is 88.0 cm³/mol. The van der Waals surface area contributed by atoms with Crippen molar-refractivity contribution in [3.8, 4) is 0 Å². The van der Waals surface area contributed by atoms with Crippen LogP contribution in [0.15, 0.2) is 35.5 Å². The zero-order valence-corrected chi connectivity index (χ0v) is 13.8. The molecule has 2 aromatic rings. The minimum atomic E-state index is -0.0326. The van der Waals surface area contributed by atoms with Crippen LogP contribution in [-0.2, 0) is 9.53 Å². The molecule has 2 heterocycles. The second-order valence-electron chi connectivity index (χ2n) is 5.49. The van der Waals surface area contributed by atoms with E-state index in [0.717, 1.165) is 30.8 Å². The van der Waals surface area contributed by atoms with Crippen LogP contribution in [0.1, 0.15) is 43.3 Å². The van der Waals surface area contributed by atoms with E-state index < -0.39 is 0 Å². The van der Waals surface area contributed by atoms with Gasteiger partial charge in [0, 0.05) is 6.61 Å². The number of nitrogens with zero attached hydrogens (tertiary/aromatic N) is 2. The molecule has 0 bridgehead atoms. The molecule has 2 atom stereocenters. The van der Waals surface area contributed by atoms with Gasteiger partial charge in [-0.3, -0.25) is 9.89 Å². The Labute approximate surface area is 139 Å². The highest BCUT2D eigenvalue weighted by molar-refractivity contribution is 7.99. The van der Waals surface area contributed by atoms with Crippen LogP contribution in [0.25, 0.3) is 0 Å². The lowest BCUT2D eigenvalue weighted by molar-refractivity contribution is -0.119. The van der Waals surface area contributed by atoms with Gasteiger partial charge in [0.2, 0.25) is 11.1 Å². The molecule has 0 unspecified atom stereocenters. The summed E-state index contributed by atoms with van der Waals surface area (Å²) in [5.74, 6) is 1.01. The highest BCUT2D eigenvalue weighted by Crippen LogP contribution is 2.26. The van der Waals surface area contributed by atoms with Gasteiger partial charge in [0.25, 0.3) is 0 Å². The summed E-state index contributed by atoms with van der Waals surface area (Å²) in [6.07, 6.45) is 2.03. The molecule has 0 radical (unpaired) electrons. The molecule has 1 aromatic heterocycles. The smallest absolute Gasteiger partial charge is 0.230 e. The highest BCUT2D eigenvalue weighted by Gasteiger charge is 2.21. The second kappa shape index (κ2) is 7.61. The first-order chi connectivity index (χ1) is 11.2. The molecular weight excluding hydrogens is 312 g/mol. The van der Waals surface area contributed by atoms with E-state index in [-0.39, 0.29) is 18.1 Å². The number of hydrogen-bond acceptors (Lipinski definition) is 5. The summed E-state index contributed by atoms with van der Waals surface area (Å²) in [6.45, 7) is 2.74. The van der Waals surface area contributed by atoms with Crippen LogP contribution in [0.5, 0.6) is 0 Å². The molecule has 6 nitrogen and oxygen atoms in total. The Hall–Kier alpha value is -1.86. The zero-order valence-electron chi connectivity index (χ0n) is 13.0. The molecule has 2 N–H and O–H groups in total. The first-order valence-corrected chi connectivity index (χ1v) is 8.72. The van der Waals surface area contributed by atoms with Gasteiger partial charge in [-0.05, 0) is 25.3 Å². The molecule has 1 fully saturated rings. The van der Waals surface area contributed by atoms with Gasteiger partial charge in [0.05, 0.1) is 11.8 Å². The summed E-state index contributed by atoms with van der Waals surface area (Å²) < 4.78 is 5.56. The van der Waals surface area contributed by atoms with Crippen molar-refractivity contribution in [1.29, 1.82) is 0 Å². The van der Waals surface area contributed by atoms with E-state index in [2.05, 4.69) is 20.5 Å². The largest absolute Gasteiger partial charge is 0.370 e. The van der Waals surface area contributed by atoms with E-state index in [1.165, 1.54) is 11.8 Å². The monoisotopic (exact) mass is 332 g/mol. The van der Waals surface area contributed by atoms with Gasteiger partial charge >= 0.3 is 0 Å². The maximum Gasteiger partial charge on any atom is 0.230 e. The van der Waals surface area contributed by atoms with Crippen LogP contribution in [-0.4, -0.2) is 33.4 Å². The molecule has 1 aromatic carbocycles. The normalized spacial score (nSPS) is 18.7. The molecular formula is C16H20N4O2S. The fourth-order valence-electron chi connectivity index (χ4n) is 2.50. The molecule has 3 rings (SSSR count). The molecule has 0 saturated carbocycles. The Morgan fingerprint density at radius 3 is 3.04 bits per heavy atom. The predicted octanol–water partition coefficient (Wildman–Crippen LogP) is 2.63. The molecule has 0 spiro atoms. The lowest BCUT2D eigenvalue weighted by atomic mass is 10.1. The molecule has 122 valence electrons. The fourth-order valence-corrected chi connectivity index (χ4v) is 3.11. The number of carbonyl (C=O) groups excluding carboxylic acids is 1. The van der Waals surface area contributed by atoms with Crippen molar-refractivity contribution >= 4 is 17.7 Å². The van der Waals surface area contributed by atoms with Crippen LogP contribution < -0.4 is 5.32 Å². The van der Waals surface area contributed by atoms with E-state index in [9.17, 15) is 4.79 Å². The standard InChI is InChI=1S/C16H20N4O2S/c1-11(12-6-3-2-4-7-12)17-14(21)10-23-16-18-15(19-20-16)13-8-5-9-22-13/h2-4,6-7,11,13H,5,8-10H2,1H3,(H,17,21)(H,18,19,20)/t11-,13-/m1/s1. The minimum absolute atomic E-state index is 0.0149. The molecule has 1 aliphatic heterocycles. The van der Waals surface area contributed by atoms with Gasteiger partial charge in [-0.25, -0.2) is 4.98 Å². The number of rotatable bonds is 6. The van der Waals surface area contributed by atoms with Crippen molar-refractivity contribution in [3.63, 3.8) is 0 Å². The topological polar surface area (TPSA) is 79.9 Å². The number of hydrogen-bond donors (Lipinski definition) is 2. The Morgan fingerprint density at radius 1 is 1.48 bits per heavy atom. The zero-order chi connectivity index (χ0) is 16.1. The van der Waals surface area contributed by atoms with Crippen molar-refractivity contribution < 1.29 is 9.53 Å². The number of aromatic nitrogens is 3. The van der Waals surface area contributed by atoms with Crippen LogP contribution in [0.2, 0.25) is 0 Å². The van der Waals surface area contributed by atoms with Gasteiger partial charge in [-0.1, -0.05) is 42.1 Å². The quantitative estimate of drug-likeness (QED) is 0.795. The molecule has 1 saturated heterocycles. The summed E-state index contributed by atoms with van der Waals surface area (Å²) in [7, 11) is 0. The minimum Gasteiger partial charge on any atom is -0.370 e. The third-order valence-corrected chi connectivity index (χ3v) is 4.57. The van der Waals surface area contributed by atoms with E-state index in [0.29, 0.717) is 10.9 Å². The molecule has 0 aliphatic carbocycles. The van der Waals surface area contributed by atoms with Gasteiger partial charge in [0.15, 0.2) is 5.82 Å². The van der Waals surface area contributed by atoms with E-state index >= 15 is 0 Å². The number of amides is 1. The fraction of sp³-hybridized carbons (Fsp3) is 0.438. The van der Waals surface area contributed by atoms with Crippen LogP contribution in [0.3, 0.4) is 0 Å². The van der Waals surface area contributed by atoms with Gasteiger partial charge in [0.1, 0.15) is 6.10 Å². The maximum absolute atomic E-state index is 12.0. The number of ether oxygens (including phenoxy) is 1. The number of benzene rings is 1.